The van der Waals surface area contributed by atoms with Crippen LogP contribution in [0.4, 0.5) is 5.69 Å². The van der Waals surface area contributed by atoms with E-state index in [1.54, 1.807) is 18.2 Å². The molecule has 1 fully saturated rings. The minimum Gasteiger partial charge on any atom is -0.455 e. The van der Waals surface area contributed by atoms with Gasteiger partial charge in [-0.1, -0.05) is 41.4 Å². The molecule has 1 aromatic carbocycles. The molecule has 2 aliphatic carbocycles. The van der Waals surface area contributed by atoms with E-state index < -0.39 is 5.91 Å². The van der Waals surface area contributed by atoms with Gasteiger partial charge in [0.05, 0.1) is 21.7 Å². The highest BCUT2D eigenvalue weighted by atomic mass is 35.5. The first-order chi connectivity index (χ1) is 10.5. The molecule has 2 bridgehead atoms. The quantitative estimate of drug-likeness (QED) is 0.672. The zero-order chi connectivity index (χ0) is 15.7. The van der Waals surface area contributed by atoms with Gasteiger partial charge in [-0.25, -0.2) is 0 Å². The topological polar surface area (TPSA) is 55.4 Å². The number of allylic oxidation sites excluding steroid dienone is 2. The molecule has 0 heterocycles. The van der Waals surface area contributed by atoms with Crippen molar-refractivity contribution >= 4 is 40.8 Å². The summed E-state index contributed by atoms with van der Waals surface area (Å²) in [7, 11) is 0. The molecule has 3 rings (SSSR count). The molecule has 4 nitrogen and oxygen atoms in total. The van der Waals surface area contributed by atoms with Gasteiger partial charge in [0.2, 0.25) is 0 Å². The molecule has 0 aliphatic heterocycles. The zero-order valence-corrected chi connectivity index (χ0v) is 13.2. The van der Waals surface area contributed by atoms with Crippen molar-refractivity contribution in [3.63, 3.8) is 0 Å². The van der Waals surface area contributed by atoms with E-state index in [1.807, 2.05) is 0 Å². The Morgan fingerprint density at radius 3 is 2.73 bits per heavy atom. The minimum atomic E-state index is -0.434. The van der Waals surface area contributed by atoms with Crippen molar-refractivity contribution in [1.82, 2.24) is 0 Å². The van der Waals surface area contributed by atoms with Crippen molar-refractivity contribution < 1.29 is 14.3 Å². The third-order valence-corrected chi connectivity index (χ3v) is 4.97. The van der Waals surface area contributed by atoms with Crippen LogP contribution in [0.15, 0.2) is 30.4 Å². The number of benzene rings is 1. The summed E-state index contributed by atoms with van der Waals surface area (Å²) in [5.41, 5.74) is 0.401. The molecule has 1 amide bonds. The van der Waals surface area contributed by atoms with Gasteiger partial charge < -0.3 is 10.1 Å². The number of fused-ring (bicyclic) bond motifs is 2. The second kappa shape index (κ2) is 6.31. The summed E-state index contributed by atoms with van der Waals surface area (Å²) in [4.78, 5) is 23.9. The maximum absolute atomic E-state index is 12.0. The molecule has 22 heavy (non-hydrogen) atoms. The summed E-state index contributed by atoms with van der Waals surface area (Å²) in [5.74, 6) is -0.0949. The number of hydrogen-bond acceptors (Lipinski definition) is 3. The minimum absolute atomic E-state index is 0.113. The van der Waals surface area contributed by atoms with Crippen LogP contribution in [0, 0.1) is 17.8 Å². The third kappa shape index (κ3) is 3.13. The fraction of sp³-hybridized carbons (Fsp3) is 0.375. The van der Waals surface area contributed by atoms with Crippen LogP contribution in [0.5, 0.6) is 0 Å². The van der Waals surface area contributed by atoms with E-state index in [4.69, 9.17) is 27.9 Å². The largest absolute Gasteiger partial charge is 0.455 e. The van der Waals surface area contributed by atoms with Crippen LogP contribution in [0.1, 0.15) is 12.8 Å². The van der Waals surface area contributed by atoms with Crippen molar-refractivity contribution in [1.29, 1.82) is 0 Å². The molecule has 0 saturated heterocycles. The van der Waals surface area contributed by atoms with E-state index in [9.17, 15) is 9.59 Å². The summed E-state index contributed by atoms with van der Waals surface area (Å²) in [6.45, 7) is -0.320. The van der Waals surface area contributed by atoms with E-state index in [0.29, 0.717) is 16.6 Å². The number of esters is 1. The zero-order valence-electron chi connectivity index (χ0n) is 11.7. The molecule has 0 spiro atoms. The van der Waals surface area contributed by atoms with Crippen LogP contribution in [0.3, 0.4) is 0 Å². The van der Waals surface area contributed by atoms with Crippen LogP contribution in [0.2, 0.25) is 10.0 Å². The Bertz CT molecular complexity index is 644. The van der Waals surface area contributed by atoms with Crippen molar-refractivity contribution in [2.75, 3.05) is 11.9 Å². The Balaban J connectivity index is 1.51. The first kappa shape index (κ1) is 15.4. The van der Waals surface area contributed by atoms with Crippen LogP contribution in [0.25, 0.3) is 0 Å². The van der Waals surface area contributed by atoms with Gasteiger partial charge in [0.1, 0.15) is 0 Å². The first-order valence-corrected chi connectivity index (χ1v) is 7.89. The molecule has 1 saturated carbocycles. The molecule has 116 valence electrons. The van der Waals surface area contributed by atoms with Gasteiger partial charge in [-0.3, -0.25) is 9.59 Å². The van der Waals surface area contributed by atoms with Crippen LogP contribution >= 0.6 is 23.2 Å². The van der Waals surface area contributed by atoms with E-state index in [1.165, 1.54) is 0 Å². The highest BCUT2D eigenvalue weighted by Gasteiger charge is 2.40. The maximum Gasteiger partial charge on any atom is 0.310 e. The second-order valence-corrected chi connectivity index (χ2v) is 6.43. The van der Waals surface area contributed by atoms with Crippen molar-refractivity contribution in [3.8, 4) is 0 Å². The first-order valence-electron chi connectivity index (χ1n) is 7.13. The number of carbonyl (C=O) groups excluding carboxylic acids is 2. The number of halogens is 2. The van der Waals surface area contributed by atoms with Gasteiger partial charge >= 0.3 is 5.97 Å². The third-order valence-electron chi connectivity index (χ3n) is 4.15. The van der Waals surface area contributed by atoms with Crippen LogP contribution in [-0.2, 0) is 14.3 Å². The van der Waals surface area contributed by atoms with Crippen LogP contribution in [-0.4, -0.2) is 18.5 Å². The molecule has 2 aliphatic rings. The summed E-state index contributed by atoms with van der Waals surface area (Å²) < 4.78 is 5.12. The SMILES string of the molecule is O=C(COC(=O)[C@H]1C[C@@H]2C=C[C@H]1C2)Nc1cccc(Cl)c1Cl. The molecule has 0 unspecified atom stereocenters. The van der Waals surface area contributed by atoms with Gasteiger partial charge in [0.15, 0.2) is 6.61 Å². The number of anilines is 1. The Hall–Kier alpha value is -1.52. The number of carbonyl (C=O) groups is 2. The number of amides is 1. The fourth-order valence-corrected chi connectivity index (χ4v) is 3.43. The molecular formula is C16H15Cl2NO3. The average Bonchev–Trinajstić information content (AvgIpc) is 3.12. The molecule has 1 aromatic rings. The van der Waals surface area contributed by atoms with Gasteiger partial charge in [0.25, 0.3) is 5.91 Å². The monoisotopic (exact) mass is 339 g/mol. The Kier molecular flexibility index (Phi) is 4.41. The summed E-state index contributed by atoms with van der Waals surface area (Å²) >= 11 is 11.9. The van der Waals surface area contributed by atoms with E-state index in [-0.39, 0.29) is 29.4 Å². The lowest BCUT2D eigenvalue weighted by Gasteiger charge is -2.16. The smallest absolute Gasteiger partial charge is 0.310 e. The second-order valence-electron chi connectivity index (χ2n) is 5.64. The van der Waals surface area contributed by atoms with Crippen LogP contribution < -0.4 is 5.32 Å². The molecule has 6 heteroatoms. The van der Waals surface area contributed by atoms with Crippen molar-refractivity contribution in [2.24, 2.45) is 17.8 Å². The highest BCUT2D eigenvalue weighted by Crippen LogP contribution is 2.43. The number of ether oxygens (including phenoxy) is 1. The fourth-order valence-electron chi connectivity index (χ4n) is 3.08. The predicted octanol–water partition coefficient (Wildman–Crippen LogP) is 3.69. The highest BCUT2D eigenvalue weighted by molar-refractivity contribution is 6.43. The number of rotatable bonds is 4. The summed E-state index contributed by atoms with van der Waals surface area (Å²) in [5, 5.41) is 3.20. The average molecular weight is 340 g/mol. The Morgan fingerprint density at radius 2 is 2.05 bits per heavy atom. The lowest BCUT2D eigenvalue weighted by molar-refractivity contribution is -0.152. The molecule has 3 atom stereocenters. The standard InChI is InChI=1S/C16H15Cl2NO3/c17-12-2-1-3-13(15(12)18)19-14(20)8-22-16(21)11-7-9-4-5-10(11)6-9/h1-5,9-11H,6-8H2,(H,19,20)/t9-,10+,11+/m1/s1. The summed E-state index contributed by atoms with van der Waals surface area (Å²) in [6.07, 6.45) is 6.07. The predicted molar refractivity (Wildman–Crippen MR) is 84.9 cm³/mol. The van der Waals surface area contributed by atoms with E-state index >= 15 is 0 Å². The van der Waals surface area contributed by atoms with E-state index in [2.05, 4.69) is 17.5 Å². The molecule has 0 radical (unpaired) electrons. The molecular weight excluding hydrogens is 325 g/mol. The van der Waals surface area contributed by atoms with Gasteiger partial charge in [-0.2, -0.15) is 0 Å². The lowest BCUT2D eigenvalue weighted by Crippen LogP contribution is -2.26. The Labute approximate surface area is 138 Å². The van der Waals surface area contributed by atoms with Crippen molar-refractivity contribution in [2.45, 2.75) is 12.8 Å². The molecule has 1 N–H and O–H groups in total. The Morgan fingerprint density at radius 1 is 1.23 bits per heavy atom. The van der Waals surface area contributed by atoms with Crippen molar-refractivity contribution in [3.05, 3.63) is 40.4 Å². The molecule has 0 aromatic heterocycles. The maximum atomic E-state index is 12.0. The number of nitrogens with one attached hydrogen (secondary N) is 1. The lowest BCUT2D eigenvalue weighted by atomic mass is 9.94. The summed E-state index contributed by atoms with van der Waals surface area (Å²) in [6, 6.07) is 4.94. The number of hydrogen-bond donors (Lipinski definition) is 1. The van der Waals surface area contributed by atoms with E-state index in [0.717, 1.165) is 12.8 Å². The van der Waals surface area contributed by atoms with Gasteiger partial charge in [0, 0.05) is 0 Å². The van der Waals surface area contributed by atoms with Gasteiger partial charge in [-0.05, 0) is 36.8 Å². The normalized spacial score (nSPS) is 25.3. The van der Waals surface area contributed by atoms with Gasteiger partial charge in [-0.15, -0.1) is 0 Å².